The molecule has 6 heteroatoms. The van der Waals surface area contributed by atoms with E-state index in [1.807, 2.05) is 6.07 Å². The summed E-state index contributed by atoms with van der Waals surface area (Å²) >= 11 is 1.41. The Labute approximate surface area is 111 Å². The zero-order valence-corrected chi connectivity index (χ0v) is 10.7. The molecule has 1 aromatic carbocycles. The lowest BCUT2D eigenvalue weighted by Crippen LogP contribution is -1.99. The molecule has 0 amide bonds. The molecule has 96 valence electrons. The summed E-state index contributed by atoms with van der Waals surface area (Å²) in [5.41, 5.74) is 0.708. The van der Waals surface area contributed by atoms with Gasteiger partial charge in [0.25, 0.3) is 0 Å². The maximum absolute atomic E-state index is 13.1. The molecule has 0 unspecified atom stereocenters. The number of carboxylic acids is 1. The lowest BCUT2D eigenvalue weighted by molar-refractivity contribution is 0.0689. The highest BCUT2D eigenvalue weighted by Crippen LogP contribution is 2.33. The predicted molar refractivity (Wildman–Crippen MR) is 70.9 cm³/mol. The Hall–Kier alpha value is -2.21. The molecule has 0 aliphatic carbocycles. The molecule has 1 N–H and O–H groups in total. The molecule has 0 atom stereocenters. The van der Waals surface area contributed by atoms with Crippen LogP contribution in [0.4, 0.5) is 4.39 Å². The van der Waals surface area contributed by atoms with E-state index < -0.39 is 5.97 Å². The van der Waals surface area contributed by atoms with E-state index >= 15 is 0 Å². The first-order valence-electron chi connectivity index (χ1n) is 5.51. The standard InChI is InChI=1S/C13H9FN2O2S/c1-16-10(6-9(15-16)13(17)18)12-4-7-2-3-8(14)5-11(7)19-12/h2-6H,1H3,(H,17,18). The highest BCUT2D eigenvalue weighted by Gasteiger charge is 2.14. The van der Waals surface area contributed by atoms with Crippen molar-refractivity contribution in [3.8, 4) is 10.6 Å². The van der Waals surface area contributed by atoms with E-state index in [1.165, 1.54) is 34.2 Å². The van der Waals surface area contributed by atoms with Gasteiger partial charge in [-0.3, -0.25) is 4.68 Å². The summed E-state index contributed by atoms with van der Waals surface area (Å²) in [5, 5.41) is 13.8. The Morgan fingerprint density at radius 3 is 2.84 bits per heavy atom. The fraction of sp³-hybridized carbons (Fsp3) is 0.0769. The number of nitrogens with zero attached hydrogens (tertiary/aromatic N) is 2. The van der Waals surface area contributed by atoms with Crippen molar-refractivity contribution < 1.29 is 14.3 Å². The van der Waals surface area contributed by atoms with Crippen molar-refractivity contribution in [3.63, 3.8) is 0 Å². The average molecular weight is 276 g/mol. The van der Waals surface area contributed by atoms with Gasteiger partial charge in [0.05, 0.1) is 10.6 Å². The number of rotatable bonds is 2. The molecule has 0 fully saturated rings. The molecule has 0 bridgehead atoms. The molecule has 19 heavy (non-hydrogen) atoms. The molecule has 0 radical (unpaired) electrons. The minimum Gasteiger partial charge on any atom is -0.476 e. The fourth-order valence-electron chi connectivity index (χ4n) is 1.93. The topological polar surface area (TPSA) is 55.1 Å². The van der Waals surface area contributed by atoms with Crippen molar-refractivity contribution in [2.75, 3.05) is 0 Å². The largest absolute Gasteiger partial charge is 0.476 e. The van der Waals surface area contributed by atoms with Gasteiger partial charge in [0.15, 0.2) is 5.69 Å². The third-order valence-electron chi connectivity index (χ3n) is 2.83. The second-order valence-electron chi connectivity index (χ2n) is 4.14. The highest BCUT2D eigenvalue weighted by molar-refractivity contribution is 7.22. The van der Waals surface area contributed by atoms with E-state index in [2.05, 4.69) is 5.10 Å². The number of hydrogen-bond donors (Lipinski definition) is 1. The number of thiophene rings is 1. The summed E-state index contributed by atoms with van der Waals surface area (Å²) < 4.78 is 15.5. The van der Waals surface area contributed by atoms with Crippen LogP contribution in [-0.2, 0) is 7.05 Å². The van der Waals surface area contributed by atoms with Crippen LogP contribution >= 0.6 is 11.3 Å². The Morgan fingerprint density at radius 1 is 1.37 bits per heavy atom. The third kappa shape index (κ3) is 2.00. The molecule has 2 heterocycles. The van der Waals surface area contributed by atoms with Crippen molar-refractivity contribution in [2.24, 2.45) is 7.05 Å². The summed E-state index contributed by atoms with van der Waals surface area (Å²) in [6, 6.07) is 8.01. The predicted octanol–water partition coefficient (Wildman–Crippen LogP) is 3.14. The average Bonchev–Trinajstić information content (AvgIpc) is 2.91. The molecular weight excluding hydrogens is 267 g/mol. The first kappa shape index (κ1) is 11.9. The summed E-state index contributed by atoms with van der Waals surface area (Å²) in [7, 11) is 1.69. The summed E-state index contributed by atoms with van der Waals surface area (Å²) in [6.45, 7) is 0. The number of aryl methyl sites for hydroxylation is 1. The van der Waals surface area contributed by atoms with E-state index in [1.54, 1.807) is 13.1 Å². The van der Waals surface area contributed by atoms with Crippen LogP contribution in [0.15, 0.2) is 30.3 Å². The number of carbonyl (C=O) groups is 1. The Balaban J connectivity index is 2.16. The van der Waals surface area contributed by atoms with Gasteiger partial charge < -0.3 is 5.11 Å². The van der Waals surface area contributed by atoms with Gasteiger partial charge in [0.2, 0.25) is 0 Å². The van der Waals surface area contributed by atoms with Crippen LogP contribution in [0.2, 0.25) is 0 Å². The fourth-order valence-corrected chi connectivity index (χ4v) is 3.07. The minimum absolute atomic E-state index is 0.00105. The van der Waals surface area contributed by atoms with Gasteiger partial charge in [-0.15, -0.1) is 11.3 Å². The monoisotopic (exact) mass is 276 g/mol. The van der Waals surface area contributed by atoms with Gasteiger partial charge in [0, 0.05) is 11.7 Å². The van der Waals surface area contributed by atoms with Crippen LogP contribution in [0.5, 0.6) is 0 Å². The molecular formula is C13H9FN2O2S. The number of hydrogen-bond acceptors (Lipinski definition) is 3. The minimum atomic E-state index is -1.06. The first-order chi connectivity index (χ1) is 9.04. The van der Waals surface area contributed by atoms with Crippen LogP contribution in [0, 0.1) is 5.82 Å². The van der Waals surface area contributed by atoms with Crippen LogP contribution in [0.3, 0.4) is 0 Å². The van der Waals surface area contributed by atoms with E-state index in [4.69, 9.17) is 5.11 Å². The van der Waals surface area contributed by atoms with Gasteiger partial charge in [-0.05, 0) is 29.7 Å². The molecule has 0 saturated carbocycles. The number of fused-ring (bicyclic) bond motifs is 1. The molecule has 0 aliphatic rings. The van der Waals surface area contributed by atoms with Crippen LogP contribution < -0.4 is 0 Å². The number of halogens is 1. The summed E-state index contributed by atoms with van der Waals surface area (Å²) in [4.78, 5) is 11.8. The summed E-state index contributed by atoms with van der Waals surface area (Å²) in [5.74, 6) is -1.34. The van der Waals surface area contributed by atoms with Gasteiger partial charge >= 0.3 is 5.97 Å². The lowest BCUT2D eigenvalue weighted by Gasteiger charge is -1.95. The van der Waals surface area contributed by atoms with Gasteiger partial charge in [-0.1, -0.05) is 6.07 Å². The second kappa shape index (κ2) is 4.17. The lowest BCUT2D eigenvalue weighted by atomic mass is 10.2. The molecule has 0 saturated heterocycles. The normalized spacial score (nSPS) is 11.1. The highest BCUT2D eigenvalue weighted by atomic mass is 32.1. The zero-order chi connectivity index (χ0) is 13.6. The van der Waals surface area contributed by atoms with Gasteiger partial charge in [0.1, 0.15) is 5.82 Å². The second-order valence-corrected chi connectivity index (χ2v) is 5.22. The van der Waals surface area contributed by atoms with Crippen molar-refractivity contribution in [1.82, 2.24) is 9.78 Å². The van der Waals surface area contributed by atoms with E-state index in [9.17, 15) is 9.18 Å². The van der Waals surface area contributed by atoms with E-state index in [0.29, 0.717) is 5.69 Å². The maximum atomic E-state index is 13.1. The van der Waals surface area contributed by atoms with Gasteiger partial charge in [-0.2, -0.15) is 5.10 Å². The molecule has 3 aromatic rings. The Bertz CT molecular complexity index is 791. The Kier molecular flexibility index (Phi) is 2.60. The molecule has 0 aliphatic heterocycles. The van der Waals surface area contributed by atoms with Crippen molar-refractivity contribution in [1.29, 1.82) is 0 Å². The molecule has 3 rings (SSSR count). The van der Waals surface area contributed by atoms with E-state index in [0.717, 1.165) is 15.0 Å². The smallest absolute Gasteiger partial charge is 0.356 e. The van der Waals surface area contributed by atoms with Gasteiger partial charge in [-0.25, -0.2) is 9.18 Å². The number of benzene rings is 1. The zero-order valence-electron chi connectivity index (χ0n) is 9.92. The van der Waals surface area contributed by atoms with Crippen LogP contribution in [0.1, 0.15) is 10.5 Å². The van der Waals surface area contributed by atoms with E-state index in [-0.39, 0.29) is 11.5 Å². The quantitative estimate of drug-likeness (QED) is 0.782. The Morgan fingerprint density at radius 2 is 2.16 bits per heavy atom. The first-order valence-corrected chi connectivity index (χ1v) is 6.33. The van der Waals surface area contributed by atoms with Crippen molar-refractivity contribution in [3.05, 3.63) is 41.8 Å². The molecule has 0 spiro atoms. The molecule has 2 aromatic heterocycles. The molecule has 4 nitrogen and oxygen atoms in total. The maximum Gasteiger partial charge on any atom is 0.356 e. The van der Waals surface area contributed by atoms with Crippen molar-refractivity contribution >= 4 is 27.4 Å². The SMILES string of the molecule is Cn1nc(C(=O)O)cc1-c1cc2ccc(F)cc2s1. The summed E-state index contributed by atoms with van der Waals surface area (Å²) in [6.07, 6.45) is 0. The number of aromatic carboxylic acids is 1. The number of carboxylic acid groups (broad SMARTS) is 1. The van der Waals surface area contributed by atoms with Crippen LogP contribution in [-0.4, -0.2) is 20.9 Å². The van der Waals surface area contributed by atoms with Crippen LogP contribution in [0.25, 0.3) is 20.7 Å². The third-order valence-corrected chi connectivity index (χ3v) is 3.95. The van der Waals surface area contributed by atoms with Crippen molar-refractivity contribution in [2.45, 2.75) is 0 Å². The number of aromatic nitrogens is 2.